The summed E-state index contributed by atoms with van der Waals surface area (Å²) in [7, 11) is 0. The number of benzene rings is 2. The maximum atomic E-state index is 6.05. The summed E-state index contributed by atoms with van der Waals surface area (Å²) in [5, 5.41) is 14.2. The minimum absolute atomic E-state index is 0.338. The number of nitrogens with zero attached hydrogens (tertiary/aromatic N) is 4. The van der Waals surface area contributed by atoms with Crippen molar-refractivity contribution in [1.29, 1.82) is 0 Å². The molecule has 4 aromatic rings. The first-order valence-electron chi connectivity index (χ1n) is 8.37. The molecule has 5 rings (SSSR count). The van der Waals surface area contributed by atoms with Crippen molar-refractivity contribution in [1.82, 2.24) is 19.8 Å². The Bertz CT molecular complexity index is 1120. The van der Waals surface area contributed by atoms with E-state index in [4.69, 9.17) is 14.6 Å². The zero-order chi connectivity index (χ0) is 17.7. The smallest absolute Gasteiger partial charge is 0.235 e. The van der Waals surface area contributed by atoms with Crippen LogP contribution < -0.4 is 9.47 Å². The van der Waals surface area contributed by atoms with Crippen LogP contribution in [-0.2, 0) is 0 Å². The fourth-order valence-corrected chi connectivity index (χ4v) is 3.81. The number of aromatic nitrogens is 4. The summed E-state index contributed by atoms with van der Waals surface area (Å²) in [6.07, 6.45) is -0.338. The molecule has 0 fully saturated rings. The van der Waals surface area contributed by atoms with E-state index in [1.807, 2.05) is 24.3 Å². The predicted octanol–water partition coefficient (Wildman–Crippen LogP) is 3.98. The lowest BCUT2D eigenvalue weighted by molar-refractivity contribution is 0.0836. The summed E-state index contributed by atoms with van der Waals surface area (Å²) in [4.78, 5) is 0.746. The van der Waals surface area contributed by atoms with E-state index in [0.717, 1.165) is 21.3 Å². The molecule has 2 aromatic carbocycles. The molecule has 2 aromatic heterocycles. The zero-order valence-electron chi connectivity index (χ0n) is 14.3. The van der Waals surface area contributed by atoms with Gasteiger partial charge >= 0.3 is 0 Å². The van der Waals surface area contributed by atoms with E-state index < -0.39 is 0 Å². The highest BCUT2D eigenvalue weighted by Crippen LogP contribution is 2.36. The maximum absolute atomic E-state index is 6.05. The van der Waals surface area contributed by atoms with Crippen LogP contribution in [0.2, 0.25) is 0 Å². The number of rotatable bonds is 2. The number of aryl methyl sites for hydroxylation is 2. The van der Waals surface area contributed by atoms with E-state index in [0.29, 0.717) is 18.2 Å². The van der Waals surface area contributed by atoms with Gasteiger partial charge in [0, 0.05) is 5.56 Å². The lowest BCUT2D eigenvalue weighted by Gasteiger charge is -2.24. The van der Waals surface area contributed by atoms with E-state index in [-0.39, 0.29) is 6.10 Å². The van der Waals surface area contributed by atoms with Crippen LogP contribution in [0.25, 0.3) is 15.5 Å². The van der Waals surface area contributed by atoms with E-state index in [2.05, 4.69) is 42.2 Å². The van der Waals surface area contributed by atoms with Gasteiger partial charge in [-0.05, 0) is 43.2 Å². The topological polar surface area (TPSA) is 61.5 Å². The van der Waals surface area contributed by atoms with Crippen LogP contribution in [0, 0.1) is 13.8 Å². The van der Waals surface area contributed by atoms with Crippen molar-refractivity contribution >= 4 is 16.3 Å². The second kappa shape index (κ2) is 5.81. The predicted molar refractivity (Wildman–Crippen MR) is 98.9 cm³/mol. The Morgan fingerprint density at radius 3 is 2.73 bits per heavy atom. The van der Waals surface area contributed by atoms with Gasteiger partial charge in [0.25, 0.3) is 0 Å². The Kier molecular flexibility index (Phi) is 3.43. The molecule has 0 saturated heterocycles. The highest BCUT2D eigenvalue weighted by atomic mass is 32.1. The second-order valence-electron chi connectivity index (χ2n) is 6.32. The molecule has 0 unspecified atom stereocenters. The molecule has 3 heterocycles. The SMILES string of the molecule is Cc1ccc(-c2nn3c([C@H]4COc5ccccc5O4)nnc3s2)cc1C. The van der Waals surface area contributed by atoms with Crippen LogP contribution in [0.3, 0.4) is 0 Å². The van der Waals surface area contributed by atoms with Gasteiger partial charge in [-0.3, -0.25) is 0 Å². The highest BCUT2D eigenvalue weighted by molar-refractivity contribution is 7.19. The van der Waals surface area contributed by atoms with E-state index in [9.17, 15) is 0 Å². The number of ether oxygens (including phenoxy) is 2. The highest BCUT2D eigenvalue weighted by Gasteiger charge is 2.28. The first kappa shape index (κ1) is 15.3. The molecule has 1 aliphatic rings. The van der Waals surface area contributed by atoms with Gasteiger partial charge in [-0.1, -0.05) is 35.6 Å². The van der Waals surface area contributed by atoms with Gasteiger partial charge < -0.3 is 9.47 Å². The minimum atomic E-state index is -0.338. The first-order chi connectivity index (χ1) is 12.7. The molecule has 26 heavy (non-hydrogen) atoms. The first-order valence-corrected chi connectivity index (χ1v) is 9.19. The van der Waals surface area contributed by atoms with Gasteiger partial charge in [-0.25, -0.2) is 0 Å². The zero-order valence-corrected chi connectivity index (χ0v) is 15.2. The fourth-order valence-electron chi connectivity index (χ4n) is 2.97. The van der Waals surface area contributed by atoms with Gasteiger partial charge in [0.05, 0.1) is 0 Å². The molecule has 0 N–H and O–H groups in total. The fraction of sp³-hybridized carbons (Fsp3) is 0.211. The van der Waals surface area contributed by atoms with Crippen molar-refractivity contribution in [2.75, 3.05) is 6.61 Å². The Labute approximate surface area is 154 Å². The van der Waals surface area contributed by atoms with Crippen LogP contribution in [0.5, 0.6) is 11.5 Å². The molecule has 0 bridgehead atoms. The van der Waals surface area contributed by atoms with Crippen molar-refractivity contribution in [3.8, 4) is 22.1 Å². The Morgan fingerprint density at radius 1 is 1.04 bits per heavy atom. The quantitative estimate of drug-likeness (QED) is 0.538. The molecule has 130 valence electrons. The van der Waals surface area contributed by atoms with Crippen LogP contribution in [0.4, 0.5) is 0 Å². The summed E-state index contributed by atoms with van der Waals surface area (Å²) in [5.74, 6) is 2.12. The van der Waals surface area contributed by atoms with Crippen molar-refractivity contribution in [2.24, 2.45) is 0 Å². The summed E-state index contributed by atoms with van der Waals surface area (Å²) in [6, 6.07) is 14.0. The summed E-state index contributed by atoms with van der Waals surface area (Å²) < 4.78 is 13.6. The van der Waals surface area contributed by atoms with Crippen LogP contribution in [-0.4, -0.2) is 26.4 Å². The molecular formula is C19H16N4O2S. The van der Waals surface area contributed by atoms with Crippen molar-refractivity contribution in [3.05, 3.63) is 59.4 Å². The monoisotopic (exact) mass is 364 g/mol. The molecule has 1 aliphatic heterocycles. The van der Waals surface area contributed by atoms with Gasteiger partial charge in [0.2, 0.25) is 4.96 Å². The number of hydrogen-bond acceptors (Lipinski definition) is 6. The molecule has 0 saturated carbocycles. The molecule has 7 heteroatoms. The molecule has 0 amide bonds. The third-order valence-corrected chi connectivity index (χ3v) is 5.51. The van der Waals surface area contributed by atoms with Crippen LogP contribution in [0.1, 0.15) is 23.1 Å². The Balaban J connectivity index is 1.52. The van der Waals surface area contributed by atoms with Gasteiger partial charge in [0.1, 0.15) is 11.6 Å². The summed E-state index contributed by atoms with van der Waals surface area (Å²) in [6.45, 7) is 4.59. The van der Waals surface area contributed by atoms with Crippen molar-refractivity contribution in [2.45, 2.75) is 20.0 Å². The Morgan fingerprint density at radius 2 is 1.88 bits per heavy atom. The van der Waals surface area contributed by atoms with E-state index in [1.165, 1.54) is 22.5 Å². The van der Waals surface area contributed by atoms with Gasteiger partial charge in [-0.15, -0.1) is 10.2 Å². The van der Waals surface area contributed by atoms with Crippen LogP contribution >= 0.6 is 11.3 Å². The third-order valence-electron chi connectivity index (χ3n) is 4.57. The van der Waals surface area contributed by atoms with Gasteiger partial charge in [0.15, 0.2) is 23.4 Å². The lowest BCUT2D eigenvalue weighted by atomic mass is 10.1. The number of hydrogen-bond donors (Lipinski definition) is 0. The summed E-state index contributed by atoms with van der Waals surface area (Å²) in [5.41, 5.74) is 3.60. The van der Waals surface area contributed by atoms with E-state index >= 15 is 0 Å². The van der Waals surface area contributed by atoms with E-state index in [1.54, 1.807) is 4.52 Å². The molecule has 1 atom stereocenters. The molecule has 0 aliphatic carbocycles. The number of para-hydroxylation sites is 2. The van der Waals surface area contributed by atoms with Crippen molar-refractivity contribution in [3.63, 3.8) is 0 Å². The molecule has 6 nitrogen and oxygen atoms in total. The standard InChI is InChI=1S/C19H16N4O2S/c1-11-7-8-13(9-12(11)2)18-22-23-17(20-21-19(23)26-18)16-10-24-14-5-3-4-6-15(14)25-16/h3-9,16H,10H2,1-2H3/t16-/m1/s1. The molecular weight excluding hydrogens is 348 g/mol. The van der Waals surface area contributed by atoms with Gasteiger partial charge in [-0.2, -0.15) is 9.61 Å². The van der Waals surface area contributed by atoms with Crippen LogP contribution in [0.15, 0.2) is 42.5 Å². The minimum Gasteiger partial charge on any atom is -0.485 e. The third kappa shape index (κ3) is 2.43. The van der Waals surface area contributed by atoms with Crippen molar-refractivity contribution < 1.29 is 9.47 Å². The second-order valence-corrected chi connectivity index (χ2v) is 7.28. The molecule has 0 spiro atoms. The average molecular weight is 364 g/mol. The largest absolute Gasteiger partial charge is 0.485 e. The average Bonchev–Trinajstić information content (AvgIpc) is 3.24. The molecule has 0 radical (unpaired) electrons. The number of fused-ring (bicyclic) bond motifs is 2. The maximum Gasteiger partial charge on any atom is 0.235 e. The summed E-state index contributed by atoms with van der Waals surface area (Å²) >= 11 is 1.52. The lowest BCUT2D eigenvalue weighted by Crippen LogP contribution is -2.23. The Hall–Kier alpha value is -2.93. The normalized spacial score (nSPS) is 16.2.